The van der Waals surface area contributed by atoms with E-state index < -0.39 is 19.1 Å². The molecule has 2 N–H and O–H groups in total. The number of halogens is 5. The van der Waals surface area contributed by atoms with Gasteiger partial charge in [-0.25, -0.2) is 8.78 Å². The van der Waals surface area contributed by atoms with Gasteiger partial charge in [0, 0.05) is 32.2 Å². The molecule has 5 nitrogen and oxygen atoms in total. The molecule has 0 amide bonds. The molecule has 1 fully saturated rings. The van der Waals surface area contributed by atoms with Gasteiger partial charge in [0.05, 0.1) is 19.6 Å². The lowest BCUT2D eigenvalue weighted by Crippen LogP contribution is -2.49. The zero-order chi connectivity index (χ0) is 18.9. The molecule has 0 aliphatic carbocycles. The predicted octanol–water partition coefficient (Wildman–Crippen LogP) is 1.77. The summed E-state index contributed by atoms with van der Waals surface area (Å²) in [5.74, 6) is 0.551. The zero-order valence-corrected chi connectivity index (χ0v) is 14.8. The van der Waals surface area contributed by atoms with E-state index in [0.717, 1.165) is 12.8 Å². The molecule has 0 unspecified atom stereocenters. The second-order valence-corrected chi connectivity index (χ2v) is 6.22. The molecule has 1 aliphatic heterocycles. The van der Waals surface area contributed by atoms with Crippen LogP contribution in [0.15, 0.2) is 4.99 Å². The van der Waals surface area contributed by atoms with Crippen molar-refractivity contribution in [3.8, 4) is 0 Å². The van der Waals surface area contributed by atoms with Crippen molar-refractivity contribution in [1.29, 1.82) is 0 Å². The number of hydrogen-bond donors (Lipinski definition) is 2. The Kier molecular flexibility index (Phi) is 9.41. The van der Waals surface area contributed by atoms with Gasteiger partial charge in [-0.2, -0.15) is 13.2 Å². The third-order valence-corrected chi connectivity index (χ3v) is 3.87. The van der Waals surface area contributed by atoms with Gasteiger partial charge in [0.15, 0.2) is 5.96 Å². The van der Waals surface area contributed by atoms with Crippen molar-refractivity contribution in [3.63, 3.8) is 0 Å². The van der Waals surface area contributed by atoms with E-state index in [2.05, 4.69) is 15.6 Å². The maximum absolute atomic E-state index is 12.4. The lowest BCUT2D eigenvalue weighted by molar-refractivity contribution is -0.142. The molecule has 1 rings (SSSR count). The minimum atomic E-state index is -4.21. The predicted molar refractivity (Wildman–Crippen MR) is 88.1 cm³/mol. The van der Waals surface area contributed by atoms with Crippen molar-refractivity contribution in [2.75, 3.05) is 52.9 Å². The highest BCUT2D eigenvalue weighted by atomic mass is 19.4. The second-order valence-electron chi connectivity index (χ2n) is 6.22. The van der Waals surface area contributed by atoms with Crippen LogP contribution in [0.3, 0.4) is 0 Å². The largest absolute Gasteiger partial charge is 0.401 e. The van der Waals surface area contributed by atoms with Crippen LogP contribution in [0, 0.1) is 0 Å². The highest BCUT2D eigenvalue weighted by molar-refractivity contribution is 5.80. The van der Waals surface area contributed by atoms with Crippen LogP contribution < -0.4 is 10.6 Å². The Morgan fingerprint density at radius 3 is 2.44 bits per heavy atom. The highest BCUT2D eigenvalue weighted by Gasteiger charge is 2.28. The summed E-state index contributed by atoms with van der Waals surface area (Å²) in [5, 5.41) is 6.30. The molecule has 0 spiro atoms. The van der Waals surface area contributed by atoms with Crippen LogP contribution in [0.4, 0.5) is 22.0 Å². The van der Waals surface area contributed by atoms with Gasteiger partial charge in [-0.1, -0.05) is 0 Å². The van der Waals surface area contributed by atoms with E-state index in [9.17, 15) is 22.0 Å². The Morgan fingerprint density at radius 1 is 1.28 bits per heavy atom. The third kappa shape index (κ3) is 10.4. The number of nitrogens with zero attached hydrogens (tertiary/aromatic N) is 3. The summed E-state index contributed by atoms with van der Waals surface area (Å²) in [4.78, 5) is 7.21. The summed E-state index contributed by atoms with van der Waals surface area (Å²) < 4.78 is 61.6. The van der Waals surface area contributed by atoms with Gasteiger partial charge in [0.2, 0.25) is 0 Å². The molecule has 148 valence electrons. The molecule has 0 radical (unpaired) electrons. The minimum absolute atomic E-state index is 0.125. The minimum Gasteiger partial charge on any atom is -0.357 e. The number of piperidine rings is 1. The molecular formula is C15H28F5N5. The fourth-order valence-electron chi connectivity index (χ4n) is 2.69. The molecule has 0 aromatic carbocycles. The summed E-state index contributed by atoms with van der Waals surface area (Å²) in [7, 11) is 1.40. The monoisotopic (exact) mass is 373 g/mol. The topological polar surface area (TPSA) is 42.9 Å². The molecular weight excluding hydrogens is 345 g/mol. The molecule has 1 saturated heterocycles. The van der Waals surface area contributed by atoms with Gasteiger partial charge >= 0.3 is 6.18 Å². The average molecular weight is 373 g/mol. The quantitative estimate of drug-likeness (QED) is 0.387. The van der Waals surface area contributed by atoms with Crippen LogP contribution in [-0.2, 0) is 0 Å². The van der Waals surface area contributed by atoms with E-state index in [1.165, 1.54) is 11.9 Å². The van der Waals surface area contributed by atoms with Gasteiger partial charge in [-0.05, 0) is 26.8 Å². The highest BCUT2D eigenvalue weighted by Crippen LogP contribution is 2.15. The first kappa shape index (κ1) is 21.9. The van der Waals surface area contributed by atoms with Crippen molar-refractivity contribution < 1.29 is 22.0 Å². The Labute approximate surface area is 145 Å². The molecule has 1 aliphatic rings. The van der Waals surface area contributed by atoms with Crippen molar-refractivity contribution in [3.05, 3.63) is 0 Å². The Balaban J connectivity index is 2.38. The maximum atomic E-state index is 12.4. The molecule has 0 saturated carbocycles. The van der Waals surface area contributed by atoms with Crippen LogP contribution in [-0.4, -0.2) is 87.3 Å². The van der Waals surface area contributed by atoms with Crippen molar-refractivity contribution in [2.45, 2.75) is 38.4 Å². The van der Waals surface area contributed by atoms with Gasteiger partial charge in [-0.3, -0.25) is 14.8 Å². The number of alkyl halides is 5. The van der Waals surface area contributed by atoms with E-state index in [0.29, 0.717) is 25.6 Å². The van der Waals surface area contributed by atoms with E-state index in [1.807, 2.05) is 6.92 Å². The van der Waals surface area contributed by atoms with Crippen LogP contribution in [0.2, 0.25) is 0 Å². The first-order valence-corrected chi connectivity index (χ1v) is 8.50. The summed E-state index contributed by atoms with van der Waals surface area (Å²) in [5.41, 5.74) is 0. The van der Waals surface area contributed by atoms with Gasteiger partial charge in [0.25, 0.3) is 6.43 Å². The van der Waals surface area contributed by atoms with Gasteiger partial charge in [0.1, 0.15) is 0 Å². The molecule has 0 bridgehead atoms. The van der Waals surface area contributed by atoms with E-state index in [-0.39, 0.29) is 25.7 Å². The molecule has 25 heavy (non-hydrogen) atoms. The van der Waals surface area contributed by atoms with Crippen molar-refractivity contribution >= 4 is 5.96 Å². The lowest BCUT2D eigenvalue weighted by Gasteiger charge is -2.32. The molecule has 0 aromatic heterocycles. The van der Waals surface area contributed by atoms with E-state index in [4.69, 9.17) is 0 Å². The standard InChI is InChI=1S/C15H28F5N5/c1-3-21-14(22-6-9-24(2)11-15(18,19)20)23-12-4-7-25(8-5-12)10-13(16)17/h12-13H,3-11H2,1-2H3,(H2,21,22,23). The normalized spacial score (nSPS) is 18.2. The molecule has 0 aromatic rings. The number of aliphatic imine (C=N–C) groups is 1. The summed E-state index contributed by atoms with van der Waals surface area (Å²) in [6.45, 7) is 2.99. The van der Waals surface area contributed by atoms with E-state index in [1.54, 1.807) is 4.90 Å². The van der Waals surface area contributed by atoms with E-state index >= 15 is 0 Å². The SMILES string of the molecule is CCNC(=NCCN(C)CC(F)(F)F)NC1CCN(CC(F)F)CC1. The number of likely N-dealkylation sites (N-methyl/N-ethyl adjacent to an activating group) is 1. The van der Waals surface area contributed by atoms with Crippen LogP contribution in [0.25, 0.3) is 0 Å². The van der Waals surface area contributed by atoms with Crippen LogP contribution in [0.1, 0.15) is 19.8 Å². The summed E-state index contributed by atoms with van der Waals surface area (Å²) >= 11 is 0. The first-order chi connectivity index (χ1) is 11.7. The van der Waals surface area contributed by atoms with Crippen molar-refractivity contribution in [1.82, 2.24) is 20.4 Å². The first-order valence-electron chi connectivity index (χ1n) is 8.50. The average Bonchev–Trinajstić information content (AvgIpc) is 2.47. The van der Waals surface area contributed by atoms with Gasteiger partial charge < -0.3 is 10.6 Å². The summed E-state index contributed by atoms with van der Waals surface area (Å²) in [6, 6.07) is 0.125. The van der Waals surface area contributed by atoms with Crippen LogP contribution in [0.5, 0.6) is 0 Å². The Bertz CT molecular complexity index is 394. The summed E-state index contributed by atoms with van der Waals surface area (Å²) in [6.07, 6.45) is -5.08. The molecule has 1 heterocycles. The molecule has 0 atom stereocenters. The van der Waals surface area contributed by atoms with Gasteiger partial charge in [-0.15, -0.1) is 0 Å². The fourth-order valence-corrected chi connectivity index (χ4v) is 2.69. The lowest BCUT2D eigenvalue weighted by atomic mass is 10.1. The molecule has 10 heteroatoms. The van der Waals surface area contributed by atoms with Crippen LogP contribution >= 0.6 is 0 Å². The third-order valence-electron chi connectivity index (χ3n) is 3.87. The number of hydrogen-bond acceptors (Lipinski definition) is 3. The Morgan fingerprint density at radius 2 is 1.92 bits per heavy atom. The fraction of sp³-hybridized carbons (Fsp3) is 0.933. The number of likely N-dealkylation sites (tertiary alicyclic amines) is 1. The zero-order valence-electron chi connectivity index (χ0n) is 14.8. The number of rotatable bonds is 8. The second kappa shape index (κ2) is 10.7. The number of nitrogens with one attached hydrogen (secondary N) is 2. The smallest absolute Gasteiger partial charge is 0.357 e. The number of guanidine groups is 1. The van der Waals surface area contributed by atoms with Crippen molar-refractivity contribution in [2.24, 2.45) is 4.99 Å². The Hall–Kier alpha value is -1.16. The maximum Gasteiger partial charge on any atom is 0.401 e.